The van der Waals surface area contributed by atoms with E-state index in [1.807, 2.05) is 0 Å². The fraction of sp³-hybridized carbons (Fsp3) is 0.889. The Morgan fingerprint density at radius 1 is 1.31 bits per heavy atom. The van der Waals surface area contributed by atoms with Gasteiger partial charge >= 0.3 is 0 Å². The van der Waals surface area contributed by atoms with Gasteiger partial charge in [-0.1, -0.05) is 0 Å². The molecule has 2 bridgehead atoms. The van der Waals surface area contributed by atoms with Crippen molar-refractivity contribution in [3.63, 3.8) is 0 Å². The predicted molar refractivity (Wildman–Crippen MR) is 48.3 cm³/mol. The van der Waals surface area contributed by atoms with Crippen LogP contribution in [0.25, 0.3) is 0 Å². The molecule has 3 heterocycles. The number of fused-ring (bicyclic) bond motifs is 2. The summed E-state index contributed by atoms with van der Waals surface area (Å²) in [6.07, 6.45) is 1.99. The molecule has 0 saturated carbocycles. The Hall–Kier alpha value is -0.610. The molecule has 3 rings (SSSR count). The van der Waals surface area contributed by atoms with Crippen LogP contribution in [0.4, 0.5) is 0 Å². The second kappa shape index (κ2) is 2.69. The molecule has 3 aliphatic rings. The number of carbonyl (C=O) groups is 1. The molecule has 0 aliphatic carbocycles. The smallest absolute Gasteiger partial charge is 0.221 e. The molecule has 0 radical (unpaired) electrons. The van der Waals surface area contributed by atoms with Gasteiger partial charge in [-0.15, -0.1) is 0 Å². The van der Waals surface area contributed by atoms with Crippen LogP contribution >= 0.6 is 0 Å². The zero-order chi connectivity index (χ0) is 8.84. The summed E-state index contributed by atoms with van der Waals surface area (Å²) in [4.78, 5) is 13.6. The molecule has 3 atom stereocenters. The maximum Gasteiger partial charge on any atom is 0.221 e. The minimum Gasteiger partial charge on any atom is -0.354 e. The van der Waals surface area contributed by atoms with Gasteiger partial charge in [-0.05, 0) is 6.42 Å². The first-order chi connectivity index (χ1) is 6.33. The normalized spacial score (nSPS) is 44.3. The molecule has 2 N–H and O–H groups in total. The first-order valence-electron chi connectivity index (χ1n) is 5.09. The lowest BCUT2D eigenvalue weighted by atomic mass is 10.2. The molecule has 3 fully saturated rings. The van der Waals surface area contributed by atoms with Crippen molar-refractivity contribution in [1.29, 1.82) is 0 Å². The van der Waals surface area contributed by atoms with E-state index in [4.69, 9.17) is 0 Å². The summed E-state index contributed by atoms with van der Waals surface area (Å²) in [5, 5.41) is 6.38. The average Bonchev–Trinajstić information content (AvgIpc) is 2.77. The fourth-order valence-electron chi connectivity index (χ4n) is 2.86. The highest BCUT2D eigenvalue weighted by Crippen LogP contribution is 2.27. The van der Waals surface area contributed by atoms with Crippen LogP contribution in [0.1, 0.15) is 12.8 Å². The summed E-state index contributed by atoms with van der Waals surface area (Å²) in [6.45, 7) is 3.13. The first-order valence-corrected chi connectivity index (χ1v) is 5.09. The van der Waals surface area contributed by atoms with E-state index in [0.717, 1.165) is 19.6 Å². The maximum absolute atomic E-state index is 11.1. The van der Waals surface area contributed by atoms with E-state index in [0.29, 0.717) is 24.5 Å². The molecule has 1 unspecified atom stereocenters. The van der Waals surface area contributed by atoms with Crippen LogP contribution in [-0.4, -0.2) is 48.6 Å². The second-order valence-corrected chi connectivity index (χ2v) is 4.35. The van der Waals surface area contributed by atoms with Crippen LogP contribution in [0, 0.1) is 0 Å². The van der Waals surface area contributed by atoms with Crippen LogP contribution in [-0.2, 0) is 4.79 Å². The summed E-state index contributed by atoms with van der Waals surface area (Å²) in [5.74, 6) is 0.223. The van der Waals surface area contributed by atoms with Gasteiger partial charge in [0.05, 0.1) is 0 Å². The highest BCUT2D eigenvalue weighted by atomic mass is 16.1. The number of amides is 1. The zero-order valence-corrected chi connectivity index (χ0v) is 7.62. The number of piperazine rings is 1. The molecular formula is C9H15N3O. The monoisotopic (exact) mass is 181 g/mol. The van der Waals surface area contributed by atoms with Crippen molar-refractivity contribution in [3.05, 3.63) is 0 Å². The van der Waals surface area contributed by atoms with Gasteiger partial charge in [0.2, 0.25) is 5.91 Å². The number of carbonyl (C=O) groups excluding carboxylic acids is 1. The van der Waals surface area contributed by atoms with Crippen molar-refractivity contribution in [2.75, 3.05) is 19.6 Å². The third-order valence-corrected chi connectivity index (χ3v) is 3.52. The Bertz CT molecular complexity index is 243. The zero-order valence-electron chi connectivity index (χ0n) is 7.62. The second-order valence-electron chi connectivity index (χ2n) is 4.35. The number of rotatable bonds is 1. The van der Waals surface area contributed by atoms with Crippen LogP contribution in [0.15, 0.2) is 0 Å². The number of nitrogens with one attached hydrogen (secondary N) is 2. The van der Waals surface area contributed by atoms with Gasteiger partial charge in [0.1, 0.15) is 0 Å². The van der Waals surface area contributed by atoms with E-state index < -0.39 is 0 Å². The lowest BCUT2D eigenvalue weighted by molar-refractivity contribution is -0.119. The van der Waals surface area contributed by atoms with Gasteiger partial charge in [-0.25, -0.2) is 0 Å². The predicted octanol–water partition coefficient (Wildman–Crippen LogP) is -1.08. The van der Waals surface area contributed by atoms with Gasteiger partial charge in [0, 0.05) is 44.2 Å². The number of hydrogen-bond donors (Lipinski definition) is 2. The average molecular weight is 181 g/mol. The summed E-state index contributed by atoms with van der Waals surface area (Å²) in [6, 6.07) is 1.87. The molecule has 0 aromatic heterocycles. The quantitative estimate of drug-likeness (QED) is 0.541. The van der Waals surface area contributed by atoms with E-state index in [9.17, 15) is 4.79 Å². The Balaban J connectivity index is 1.69. The van der Waals surface area contributed by atoms with Crippen LogP contribution < -0.4 is 10.6 Å². The van der Waals surface area contributed by atoms with Crippen molar-refractivity contribution >= 4 is 5.91 Å². The Morgan fingerprint density at radius 3 is 2.77 bits per heavy atom. The summed E-state index contributed by atoms with van der Waals surface area (Å²) in [5.41, 5.74) is 0. The van der Waals surface area contributed by atoms with E-state index in [2.05, 4.69) is 15.5 Å². The lowest BCUT2D eigenvalue weighted by Gasteiger charge is -2.31. The van der Waals surface area contributed by atoms with Gasteiger partial charge in [0.15, 0.2) is 0 Å². The number of likely N-dealkylation sites (tertiary alicyclic amines) is 1. The standard InChI is InChI=1S/C9H15N3O/c13-9-2-8(4-11-9)12-5-6-1-7(12)3-10-6/h6-8,10H,1-5H2,(H,11,13)/t6-,7-,8?/m0/s1. The van der Waals surface area contributed by atoms with Crippen molar-refractivity contribution in [2.45, 2.75) is 31.0 Å². The highest BCUT2D eigenvalue weighted by Gasteiger charge is 2.42. The minimum atomic E-state index is 0.223. The van der Waals surface area contributed by atoms with Gasteiger partial charge in [-0.2, -0.15) is 0 Å². The Labute approximate surface area is 77.7 Å². The molecule has 13 heavy (non-hydrogen) atoms. The highest BCUT2D eigenvalue weighted by molar-refractivity contribution is 5.78. The first kappa shape index (κ1) is 7.76. The molecule has 3 aliphatic heterocycles. The van der Waals surface area contributed by atoms with Crippen LogP contribution in [0.5, 0.6) is 0 Å². The topological polar surface area (TPSA) is 44.4 Å². The van der Waals surface area contributed by atoms with E-state index in [1.165, 1.54) is 6.42 Å². The molecule has 0 aromatic rings. The number of hydrogen-bond acceptors (Lipinski definition) is 3. The molecule has 4 nitrogen and oxygen atoms in total. The molecule has 0 aromatic carbocycles. The van der Waals surface area contributed by atoms with Gasteiger partial charge < -0.3 is 10.6 Å². The van der Waals surface area contributed by atoms with Crippen LogP contribution in [0.3, 0.4) is 0 Å². The lowest BCUT2D eigenvalue weighted by Crippen LogP contribution is -2.49. The maximum atomic E-state index is 11.1. The van der Waals surface area contributed by atoms with E-state index >= 15 is 0 Å². The summed E-state index contributed by atoms with van der Waals surface area (Å²) >= 11 is 0. The third kappa shape index (κ3) is 1.16. The molecule has 0 spiro atoms. The van der Waals surface area contributed by atoms with Crippen molar-refractivity contribution < 1.29 is 4.79 Å². The molecular weight excluding hydrogens is 166 g/mol. The third-order valence-electron chi connectivity index (χ3n) is 3.52. The van der Waals surface area contributed by atoms with Gasteiger partial charge in [0.25, 0.3) is 0 Å². The number of nitrogens with zero attached hydrogens (tertiary/aromatic N) is 1. The van der Waals surface area contributed by atoms with Crippen molar-refractivity contribution in [2.24, 2.45) is 0 Å². The van der Waals surface area contributed by atoms with E-state index in [1.54, 1.807) is 0 Å². The van der Waals surface area contributed by atoms with Crippen molar-refractivity contribution in [3.8, 4) is 0 Å². The minimum absolute atomic E-state index is 0.223. The van der Waals surface area contributed by atoms with Gasteiger partial charge in [-0.3, -0.25) is 9.69 Å². The SMILES string of the molecule is O=C1CC(N2C[C@@H]3C[C@H]2CN3)CN1. The van der Waals surface area contributed by atoms with Crippen LogP contribution in [0.2, 0.25) is 0 Å². The molecule has 3 saturated heterocycles. The molecule has 72 valence electrons. The molecule has 1 amide bonds. The molecule has 4 heteroatoms. The summed E-state index contributed by atoms with van der Waals surface area (Å²) in [7, 11) is 0. The summed E-state index contributed by atoms with van der Waals surface area (Å²) < 4.78 is 0. The fourth-order valence-corrected chi connectivity index (χ4v) is 2.86. The Kier molecular flexibility index (Phi) is 1.60. The van der Waals surface area contributed by atoms with Crippen molar-refractivity contribution in [1.82, 2.24) is 15.5 Å². The van der Waals surface area contributed by atoms with E-state index in [-0.39, 0.29) is 5.91 Å². The largest absolute Gasteiger partial charge is 0.354 e. The Morgan fingerprint density at radius 2 is 2.23 bits per heavy atom.